The SMILES string of the molecule is CC1(C)c2ccccc2-c2ccc(N(c3ccc4c(c3)C(C)(C)c3cc(-c5ccc6c(c5)c5ccccc5n6-c5ccc6ccccc6c5)ccc3-4)c3ccc4c(c3)c3ccccc3n4-c3ccccc3)cc21. The maximum Gasteiger partial charge on any atom is 0.0542 e. The Labute approximate surface area is 425 Å². The Morgan fingerprint density at radius 1 is 0.288 bits per heavy atom. The van der Waals surface area contributed by atoms with Crippen molar-refractivity contribution in [2.24, 2.45) is 0 Å². The molecule has 2 aliphatic carbocycles. The minimum Gasteiger partial charge on any atom is -0.310 e. The molecular weight excluding hydrogens is 883 g/mol. The topological polar surface area (TPSA) is 13.1 Å². The van der Waals surface area contributed by atoms with Crippen LogP contribution in [-0.2, 0) is 10.8 Å². The number of hydrogen-bond acceptors (Lipinski definition) is 1. The lowest BCUT2D eigenvalue weighted by atomic mass is 9.81. The molecule has 3 heteroatoms. The summed E-state index contributed by atoms with van der Waals surface area (Å²) in [6, 6.07) is 88.4. The third-order valence-corrected chi connectivity index (χ3v) is 16.7. The van der Waals surface area contributed by atoms with Gasteiger partial charge in [-0.1, -0.05) is 167 Å². The molecule has 2 aromatic heterocycles. The standard InChI is InChI=1S/C70H51N3/c1-69(2)61-23-13-10-20-53(61)55-34-30-51(42-63(55)69)71(50-32-37-68-60(41-50)58-22-12-14-24-65(58)72(68)48-18-6-5-7-19-48)52-31-35-56-54-33-27-47(40-62(54)70(3,4)64(56)43-52)46-28-36-67-59(39-46)57-21-11-15-25-66(57)73(67)49-29-26-44-16-8-9-17-45(44)38-49/h5-43H,1-4H3. The van der Waals surface area contributed by atoms with Crippen molar-refractivity contribution in [1.29, 1.82) is 0 Å². The van der Waals surface area contributed by atoms with Crippen LogP contribution in [0.15, 0.2) is 237 Å². The number of anilines is 3. The Hall–Kier alpha value is -8.92. The molecular formula is C70H51N3. The Morgan fingerprint density at radius 3 is 1.47 bits per heavy atom. The number of para-hydroxylation sites is 3. The first-order valence-electron chi connectivity index (χ1n) is 25.7. The van der Waals surface area contributed by atoms with E-state index >= 15 is 0 Å². The number of rotatable bonds is 6. The van der Waals surface area contributed by atoms with Gasteiger partial charge in [-0.25, -0.2) is 0 Å². The highest BCUT2D eigenvalue weighted by Crippen LogP contribution is 2.54. The van der Waals surface area contributed by atoms with Crippen LogP contribution >= 0.6 is 0 Å². The van der Waals surface area contributed by atoms with Crippen molar-refractivity contribution < 1.29 is 0 Å². The fraction of sp³-hybridized carbons (Fsp3) is 0.0857. The van der Waals surface area contributed by atoms with Gasteiger partial charge in [-0.2, -0.15) is 0 Å². The monoisotopic (exact) mass is 933 g/mol. The number of fused-ring (bicyclic) bond motifs is 13. The van der Waals surface area contributed by atoms with Crippen molar-refractivity contribution in [3.8, 4) is 44.8 Å². The van der Waals surface area contributed by atoms with E-state index in [1.807, 2.05) is 0 Å². The van der Waals surface area contributed by atoms with Gasteiger partial charge in [0.25, 0.3) is 0 Å². The third kappa shape index (κ3) is 6.06. The van der Waals surface area contributed by atoms with Crippen molar-refractivity contribution in [2.45, 2.75) is 38.5 Å². The van der Waals surface area contributed by atoms with Crippen molar-refractivity contribution in [3.63, 3.8) is 0 Å². The van der Waals surface area contributed by atoms with E-state index in [2.05, 4.69) is 278 Å². The van der Waals surface area contributed by atoms with Crippen LogP contribution in [0.3, 0.4) is 0 Å². The fourth-order valence-corrected chi connectivity index (χ4v) is 13.0. The quantitative estimate of drug-likeness (QED) is 0.162. The van der Waals surface area contributed by atoms with E-state index in [0.717, 1.165) is 22.7 Å². The van der Waals surface area contributed by atoms with E-state index in [9.17, 15) is 0 Å². The Bertz CT molecular complexity index is 4450. The van der Waals surface area contributed by atoms with E-state index in [1.54, 1.807) is 0 Å². The molecule has 0 amide bonds. The Morgan fingerprint density at radius 2 is 0.753 bits per heavy atom. The van der Waals surface area contributed by atoms with E-state index < -0.39 is 0 Å². The van der Waals surface area contributed by atoms with Crippen molar-refractivity contribution >= 4 is 71.4 Å². The van der Waals surface area contributed by atoms with Gasteiger partial charge in [-0.05, 0) is 163 Å². The predicted molar refractivity (Wildman–Crippen MR) is 308 cm³/mol. The van der Waals surface area contributed by atoms with E-state index in [1.165, 1.54) is 116 Å². The van der Waals surface area contributed by atoms with Crippen LogP contribution in [0.5, 0.6) is 0 Å². The first-order chi connectivity index (χ1) is 35.7. The summed E-state index contributed by atoms with van der Waals surface area (Å²) >= 11 is 0. The van der Waals surface area contributed by atoms with E-state index in [4.69, 9.17) is 0 Å². The summed E-state index contributed by atoms with van der Waals surface area (Å²) in [6.07, 6.45) is 0. The van der Waals surface area contributed by atoms with E-state index in [-0.39, 0.29) is 10.8 Å². The summed E-state index contributed by atoms with van der Waals surface area (Å²) < 4.78 is 4.83. The van der Waals surface area contributed by atoms with Crippen LogP contribution in [0.2, 0.25) is 0 Å². The number of nitrogens with zero attached hydrogens (tertiary/aromatic N) is 3. The van der Waals surface area contributed by atoms with Gasteiger partial charge >= 0.3 is 0 Å². The second kappa shape index (κ2) is 15.3. The van der Waals surface area contributed by atoms with Gasteiger partial charge in [0.1, 0.15) is 0 Å². The normalized spacial score (nSPS) is 14.0. The van der Waals surface area contributed by atoms with Crippen molar-refractivity contribution in [1.82, 2.24) is 9.13 Å². The highest BCUT2D eigenvalue weighted by Gasteiger charge is 2.38. The molecule has 0 radical (unpaired) electrons. The summed E-state index contributed by atoms with van der Waals surface area (Å²) in [6.45, 7) is 9.58. The minimum absolute atomic E-state index is 0.140. The number of hydrogen-bond donors (Lipinski definition) is 0. The smallest absolute Gasteiger partial charge is 0.0542 e. The first kappa shape index (κ1) is 41.8. The summed E-state index contributed by atoms with van der Waals surface area (Å²) in [5.41, 5.74) is 23.3. The maximum absolute atomic E-state index is 2.50. The lowest BCUT2D eigenvalue weighted by molar-refractivity contribution is 0.660. The third-order valence-electron chi connectivity index (χ3n) is 16.7. The second-order valence-corrected chi connectivity index (χ2v) is 21.4. The van der Waals surface area contributed by atoms with Crippen LogP contribution in [-0.4, -0.2) is 9.13 Å². The van der Waals surface area contributed by atoms with Gasteiger partial charge in [0.15, 0.2) is 0 Å². The van der Waals surface area contributed by atoms with Gasteiger partial charge in [-0.3, -0.25) is 0 Å². The molecule has 13 aromatic rings. The molecule has 15 rings (SSSR count). The molecule has 0 saturated heterocycles. The summed E-state index contributed by atoms with van der Waals surface area (Å²) in [4.78, 5) is 2.50. The Balaban J connectivity index is 0.859. The number of benzene rings is 11. The van der Waals surface area contributed by atoms with Gasteiger partial charge in [0.2, 0.25) is 0 Å². The lowest BCUT2D eigenvalue weighted by Gasteiger charge is -2.30. The summed E-state index contributed by atoms with van der Waals surface area (Å²) in [5.74, 6) is 0. The van der Waals surface area contributed by atoms with Crippen LogP contribution in [0.25, 0.3) is 99.1 Å². The summed E-state index contributed by atoms with van der Waals surface area (Å²) in [5, 5.41) is 7.49. The molecule has 0 spiro atoms. The number of aromatic nitrogens is 2. The zero-order chi connectivity index (χ0) is 48.7. The van der Waals surface area contributed by atoms with Crippen LogP contribution < -0.4 is 4.90 Å². The van der Waals surface area contributed by atoms with Crippen molar-refractivity contribution in [3.05, 3.63) is 259 Å². The molecule has 2 heterocycles. The molecule has 73 heavy (non-hydrogen) atoms. The van der Waals surface area contributed by atoms with E-state index in [0.29, 0.717) is 0 Å². The van der Waals surface area contributed by atoms with Gasteiger partial charge in [0.05, 0.1) is 22.1 Å². The largest absolute Gasteiger partial charge is 0.310 e. The zero-order valence-electron chi connectivity index (χ0n) is 41.4. The molecule has 0 saturated carbocycles. The zero-order valence-corrected chi connectivity index (χ0v) is 41.4. The maximum atomic E-state index is 2.50. The van der Waals surface area contributed by atoms with Gasteiger partial charge in [-0.15, -0.1) is 0 Å². The van der Waals surface area contributed by atoms with Crippen molar-refractivity contribution in [2.75, 3.05) is 4.90 Å². The predicted octanol–water partition coefficient (Wildman–Crippen LogP) is 18.8. The molecule has 3 nitrogen and oxygen atoms in total. The van der Waals surface area contributed by atoms with Gasteiger partial charge in [0, 0.05) is 60.8 Å². The second-order valence-electron chi connectivity index (χ2n) is 21.4. The molecule has 0 atom stereocenters. The van der Waals surface area contributed by atoms with Gasteiger partial charge < -0.3 is 14.0 Å². The molecule has 2 aliphatic rings. The lowest BCUT2D eigenvalue weighted by Crippen LogP contribution is -2.18. The van der Waals surface area contributed by atoms with Crippen LogP contribution in [0.1, 0.15) is 49.9 Å². The van der Waals surface area contributed by atoms with Crippen LogP contribution in [0, 0.1) is 0 Å². The fourth-order valence-electron chi connectivity index (χ4n) is 13.0. The highest BCUT2D eigenvalue weighted by atomic mass is 15.1. The molecule has 0 unspecified atom stereocenters. The molecule has 0 bridgehead atoms. The minimum atomic E-state index is -0.257. The first-order valence-corrected chi connectivity index (χ1v) is 25.7. The molecule has 0 aliphatic heterocycles. The van der Waals surface area contributed by atoms with Crippen LogP contribution in [0.4, 0.5) is 17.1 Å². The molecule has 346 valence electrons. The molecule has 0 fully saturated rings. The summed E-state index contributed by atoms with van der Waals surface area (Å²) in [7, 11) is 0. The average Bonchev–Trinajstić information content (AvgIpc) is 4.09. The highest BCUT2D eigenvalue weighted by molar-refractivity contribution is 6.12. The Kier molecular flexibility index (Phi) is 8.76. The average molecular weight is 934 g/mol. The molecule has 11 aromatic carbocycles. The molecule has 0 N–H and O–H groups in total.